The van der Waals surface area contributed by atoms with Crippen molar-refractivity contribution < 1.29 is 9.53 Å². The lowest BCUT2D eigenvalue weighted by molar-refractivity contribution is -0.119. The molecule has 3 rings (SSSR count). The van der Waals surface area contributed by atoms with Crippen LogP contribution in [0.1, 0.15) is 18.3 Å². The van der Waals surface area contributed by atoms with E-state index in [0.29, 0.717) is 18.8 Å². The number of hydrogen-bond donors (Lipinski definition) is 3. The molecule has 2 aromatic carbocycles. The van der Waals surface area contributed by atoms with E-state index in [9.17, 15) is 4.79 Å². The van der Waals surface area contributed by atoms with E-state index in [4.69, 9.17) is 15.5 Å². The zero-order chi connectivity index (χ0) is 22.1. The van der Waals surface area contributed by atoms with Gasteiger partial charge in [-0.3, -0.25) is 4.79 Å². The SMILES string of the molecule is CCNC(=NCc1cccc(OCC(N)=O)c1)N(C)Cc1ncc(-c2ccccc2)[nH]1.I. The maximum absolute atomic E-state index is 10.9. The topological polar surface area (TPSA) is 109 Å². The third-order valence-corrected chi connectivity index (χ3v) is 4.49. The summed E-state index contributed by atoms with van der Waals surface area (Å²) in [4.78, 5) is 25.5. The number of rotatable bonds is 9. The van der Waals surface area contributed by atoms with Crippen molar-refractivity contribution in [2.45, 2.75) is 20.0 Å². The Labute approximate surface area is 205 Å². The van der Waals surface area contributed by atoms with E-state index in [1.807, 2.05) is 73.6 Å². The number of carbonyl (C=O) groups excluding carboxylic acids is 1. The number of aromatic amines is 1. The first kappa shape index (κ1) is 25.2. The second-order valence-corrected chi connectivity index (χ2v) is 7.04. The van der Waals surface area contributed by atoms with Gasteiger partial charge in [-0.2, -0.15) is 0 Å². The predicted octanol–water partition coefficient (Wildman–Crippen LogP) is 3.16. The Morgan fingerprint density at radius 3 is 2.72 bits per heavy atom. The van der Waals surface area contributed by atoms with Gasteiger partial charge in [0, 0.05) is 13.6 Å². The number of nitrogens with zero attached hydrogens (tertiary/aromatic N) is 3. The number of halogens is 1. The van der Waals surface area contributed by atoms with E-state index in [-0.39, 0.29) is 30.6 Å². The van der Waals surface area contributed by atoms with Crippen LogP contribution in [0.25, 0.3) is 11.3 Å². The molecule has 0 aliphatic carbocycles. The number of guanidine groups is 1. The molecule has 3 aromatic rings. The molecule has 0 atom stereocenters. The summed E-state index contributed by atoms with van der Waals surface area (Å²) in [5.74, 6) is 1.71. The molecule has 0 radical (unpaired) electrons. The van der Waals surface area contributed by atoms with Crippen LogP contribution in [0.4, 0.5) is 0 Å². The van der Waals surface area contributed by atoms with Crippen LogP contribution in [0.15, 0.2) is 65.8 Å². The van der Waals surface area contributed by atoms with Crippen molar-refractivity contribution in [2.75, 3.05) is 20.2 Å². The number of ether oxygens (including phenoxy) is 1. The molecule has 8 nitrogen and oxygen atoms in total. The van der Waals surface area contributed by atoms with Gasteiger partial charge >= 0.3 is 0 Å². The average molecular weight is 548 g/mol. The summed E-state index contributed by atoms with van der Waals surface area (Å²) in [5.41, 5.74) is 8.19. The highest BCUT2D eigenvalue weighted by Gasteiger charge is 2.10. The molecule has 0 unspecified atom stereocenters. The fraction of sp³-hybridized carbons (Fsp3) is 0.261. The molecule has 0 spiro atoms. The van der Waals surface area contributed by atoms with Gasteiger partial charge < -0.3 is 25.7 Å². The van der Waals surface area contributed by atoms with Crippen molar-refractivity contribution in [3.63, 3.8) is 0 Å². The van der Waals surface area contributed by atoms with Crippen LogP contribution in [0.3, 0.4) is 0 Å². The van der Waals surface area contributed by atoms with Crippen molar-refractivity contribution in [3.05, 3.63) is 72.2 Å². The Kier molecular flexibility index (Phi) is 9.99. The van der Waals surface area contributed by atoms with Crippen molar-refractivity contribution in [1.82, 2.24) is 20.2 Å². The van der Waals surface area contributed by atoms with E-state index in [1.54, 1.807) is 6.07 Å². The van der Waals surface area contributed by atoms with Gasteiger partial charge in [0.15, 0.2) is 12.6 Å². The molecule has 0 aliphatic rings. The number of imidazole rings is 1. The van der Waals surface area contributed by atoms with Crippen LogP contribution in [0.2, 0.25) is 0 Å². The summed E-state index contributed by atoms with van der Waals surface area (Å²) >= 11 is 0. The number of nitrogens with one attached hydrogen (secondary N) is 2. The minimum absolute atomic E-state index is 0. The predicted molar refractivity (Wildman–Crippen MR) is 137 cm³/mol. The summed E-state index contributed by atoms with van der Waals surface area (Å²) in [6.45, 7) is 3.68. The van der Waals surface area contributed by atoms with Crippen molar-refractivity contribution in [3.8, 4) is 17.0 Å². The number of hydrogen-bond acceptors (Lipinski definition) is 4. The standard InChI is InChI=1S/C23H28N6O2.HI/c1-3-25-23(27-13-17-8-7-11-19(12-17)31-16-21(24)30)29(2)15-22-26-14-20(28-22)18-9-5-4-6-10-18;/h4-12,14H,3,13,15-16H2,1-2H3,(H2,24,30)(H,25,27)(H,26,28);1H. The van der Waals surface area contributed by atoms with Crippen LogP contribution in [0.5, 0.6) is 5.75 Å². The quantitative estimate of drug-likeness (QED) is 0.216. The number of nitrogens with two attached hydrogens (primary N) is 1. The zero-order valence-electron chi connectivity index (χ0n) is 18.2. The molecule has 1 aromatic heterocycles. The van der Waals surface area contributed by atoms with Crippen molar-refractivity contribution >= 4 is 35.8 Å². The molecule has 0 saturated carbocycles. The van der Waals surface area contributed by atoms with Gasteiger partial charge in [-0.05, 0) is 30.2 Å². The molecule has 1 amide bonds. The maximum atomic E-state index is 10.9. The Balaban J connectivity index is 0.00000363. The molecule has 32 heavy (non-hydrogen) atoms. The summed E-state index contributed by atoms with van der Waals surface area (Å²) in [7, 11) is 1.97. The van der Waals surface area contributed by atoms with Gasteiger partial charge in [-0.15, -0.1) is 24.0 Å². The molecule has 0 bridgehead atoms. The fourth-order valence-electron chi connectivity index (χ4n) is 3.03. The minimum atomic E-state index is -0.507. The first-order valence-corrected chi connectivity index (χ1v) is 10.1. The van der Waals surface area contributed by atoms with Gasteiger partial charge in [0.25, 0.3) is 5.91 Å². The Hall–Kier alpha value is -3.08. The van der Waals surface area contributed by atoms with E-state index in [1.165, 1.54) is 0 Å². The molecular formula is C23H29IN6O2. The maximum Gasteiger partial charge on any atom is 0.255 e. The third-order valence-electron chi connectivity index (χ3n) is 4.49. The van der Waals surface area contributed by atoms with Crippen LogP contribution in [0, 0.1) is 0 Å². The van der Waals surface area contributed by atoms with Crippen LogP contribution < -0.4 is 15.8 Å². The highest BCUT2D eigenvalue weighted by molar-refractivity contribution is 14.0. The smallest absolute Gasteiger partial charge is 0.255 e. The highest BCUT2D eigenvalue weighted by atomic mass is 127. The highest BCUT2D eigenvalue weighted by Crippen LogP contribution is 2.17. The fourth-order valence-corrected chi connectivity index (χ4v) is 3.03. The number of benzene rings is 2. The first-order valence-electron chi connectivity index (χ1n) is 10.1. The largest absolute Gasteiger partial charge is 0.484 e. The number of aliphatic imine (C=N–C) groups is 1. The Bertz CT molecular complexity index is 1020. The summed E-state index contributed by atoms with van der Waals surface area (Å²) in [6.07, 6.45) is 1.85. The number of primary amides is 1. The summed E-state index contributed by atoms with van der Waals surface area (Å²) < 4.78 is 5.37. The molecule has 0 aliphatic heterocycles. The summed E-state index contributed by atoms with van der Waals surface area (Å²) in [5, 5.41) is 3.31. The molecular weight excluding hydrogens is 519 g/mol. The van der Waals surface area contributed by atoms with Gasteiger partial charge in [-0.25, -0.2) is 9.98 Å². The average Bonchev–Trinajstić information content (AvgIpc) is 3.24. The lowest BCUT2D eigenvalue weighted by Gasteiger charge is -2.21. The molecule has 170 valence electrons. The normalized spacial score (nSPS) is 10.9. The first-order chi connectivity index (χ1) is 15.0. The third kappa shape index (κ3) is 7.56. The van der Waals surface area contributed by atoms with Gasteiger partial charge in [0.2, 0.25) is 0 Å². The van der Waals surface area contributed by atoms with E-state index >= 15 is 0 Å². The minimum Gasteiger partial charge on any atom is -0.484 e. The van der Waals surface area contributed by atoms with Crippen LogP contribution in [-0.2, 0) is 17.9 Å². The lowest BCUT2D eigenvalue weighted by atomic mass is 10.2. The van der Waals surface area contributed by atoms with Crippen molar-refractivity contribution in [1.29, 1.82) is 0 Å². The van der Waals surface area contributed by atoms with E-state index in [0.717, 1.165) is 35.1 Å². The number of H-pyrrole nitrogens is 1. The number of amides is 1. The van der Waals surface area contributed by atoms with Crippen LogP contribution in [-0.4, -0.2) is 46.9 Å². The van der Waals surface area contributed by atoms with Crippen molar-refractivity contribution in [2.24, 2.45) is 10.7 Å². The van der Waals surface area contributed by atoms with Gasteiger partial charge in [0.1, 0.15) is 11.6 Å². The summed E-state index contributed by atoms with van der Waals surface area (Å²) in [6, 6.07) is 17.6. The molecule has 4 N–H and O–H groups in total. The van der Waals surface area contributed by atoms with Gasteiger partial charge in [0.05, 0.1) is 25.0 Å². The Morgan fingerprint density at radius 2 is 2.00 bits per heavy atom. The molecule has 9 heteroatoms. The number of carbonyl (C=O) groups is 1. The lowest BCUT2D eigenvalue weighted by Crippen LogP contribution is -2.38. The molecule has 0 fully saturated rings. The van der Waals surface area contributed by atoms with E-state index < -0.39 is 5.91 Å². The number of aromatic nitrogens is 2. The Morgan fingerprint density at radius 1 is 1.22 bits per heavy atom. The zero-order valence-corrected chi connectivity index (χ0v) is 20.6. The second-order valence-electron chi connectivity index (χ2n) is 7.04. The monoisotopic (exact) mass is 548 g/mol. The van der Waals surface area contributed by atoms with Crippen LogP contribution >= 0.6 is 24.0 Å². The second kappa shape index (κ2) is 12.7. The molecule has 0 saturated heterocycles. The van der Waals surface area contributed by atoms with Gasteiger partial charge in [-0.1, -0.05) is 42.5 Å². The molecule has 1 heterocycles. The van der Waals surface area contributed by atoms with E-state index in [2.05, 4.69) is 15.3 Å².